The number of carbonyl (C=O) groups is 2. The lowest BCUT2D eigenvalue weighted by molar-refractivity contribution is -0.143. The van der Waals surface area contributed by atoms with Crippen LogP contribution in [0.4, 0.5) is 0 Å². The van der Waals surface area contributed by atoms with E-state index in [1.165, 1.54) is 308 Å². The average Bonchev–Trinajstić information content (AvgIpc) is 3.41. The van der Waals surface area contributed by atoms with Crippen molar-refractivity contribution >= 4 is 11.9 Å². The Kier molecular flexibility index (Phi) is 63.4. The number of amides is 1. The molecule has 0 aromatic heterocycles. The third-order valence-electron chi connectivity index (χ3n) is 16.0. The minimum absolute atomic E-state index is 0.0117. The van der Waals surface area contributed by atoms with Crippen LogP contribution in [0.5, 0.6) is 0 Å². The number of aliphatic hydroxyl groups excluding tert-OH is 2. The molecule has 6 heteroatoms. The molecule has 0 aliphatic carbocycles. The number of rotatable bonds is 64. The average molecular weight is 1060 g/mol. The highest BCUT2D eigenvalue weighted by Crippen LogP contribution is 2.18. The standard InChI is InChI=1S/C69H133NO5/c1-3-5-7-9-11-13-15-17-34-39-43-47-51-55-59-63-69(74)75-64-60-56-52-48-44-40-36-33-31-29-27-25-23-21-19-20-22-24-26-28-30-32-35-38-42-46-50-54-58-62-68(73)70-66(65-71)67(72)61-57-53-49-45-41-37-18-16-14-12-10-8-6-4-2/h17,34,57,61,66-67,71-72H,3-16,18-33,35-56,58-60,62-65H2,1-2H3,(H,70,73)/b34-17-,61-57+. The van der Waals surface area contributed by atoms with Crippen molar-refractivity contribution in [3.63, 3.8) is 0 Å². The minimum Gasteiger partial charge on any atom is -0.466 e. The Morgan fingerprint density at radius 1 is 0.360 bits per heavy atom. The summed E-state index contributed by atoms with van der Waals surface area (Å²) in [6.07, 6.45) is 81.1. The van der Waals surface area contributed by atoms with Crippen molar-refractivity contribution in [2.24, 2.45) is 0 Å². The van der Waals surface area contributed by atoms with Crippen molar-refractivity contribution in [2.45, 2.75) is 392 Å². The molecule has 0 radical (unpaired) electrons. The van der Waals surface area contributed by atoms with Crippen molar-refractivity contribution in [2.75, 3.05) is 13.2 Å². The van der Waals surface area contributed by atoms with Gasteiger partial charge in [0.2, 0.25) is 5.91 Å². The quantitative estimate of drug-likeness (QED) is 0.0320. The first-order valence-electron chi connectivity index (χ1n) is 34.1. The minimum atomic E-state index is -0.841. The number of aliphatic hydroxyl groups is 2. The topological polar surface area (TPSA) is 95.9 Å². The van der Waals surface area contributed by atoms with Gasteiger partial charge in [0, 0.05) is 12.8 Å². The molecule has 0 heterocycles. The number of allylic oxidation sites excluding steroid dienone is 3. The Morgan fingerprint density at radius 3 is 0.947 bits per heavy atom. The van der Waals surface area contributed by atoms with Crippen molar-refractivity contribution in [3.05, 3.63) is 24.3 Å². The van der Waals surface area contributed by atoms with Crippen molar-refractivity contribution in [1.82, 2.24) is 5.32 Å². The summed E-state index contributed by atoms with van der Waals surface area (Å²) in [4.78, 5) is 24.5. The Bertz CT molecular complexity index is 1170. The van der Waals surface area contributed by atoms with Crippen LogP contribution in [-0.4, -0.2) is 47.4 Å². The number of esters is 1. The molecule has 3 N–H and O–H groups in total. The number of unbranched alkanes of at least 4 members (excludes halogenated alkanes) is 51. The lowest BCUT2D eigenvalue weighted by atomic mass is 10.0. The molecule has 0 saturated carbocycles. The molecule has 0 aliphatic rings. The summed E-state index contributed by atoms with van der Waals surface area (Å²) < 4.78 is 5.49. The second-order valence-corrected chi connectivity index (χ2v) is 23.5. The highest BCUT2D eigenvalue weighted by atomic mass is 16.5. The fourth-order valence-corrected chi connectivity index (χ4v) is 10.7. The second kappa shape index (κ2) is 64.9. The summed E-state index contributed by atoms with van der Waals surface area (Å²) in [5.41, 5.74) is 0. The van der Waals surface area contributed by atoms with Crippen LogP contribution in [0, 0.1) is 0 Å². The van der Waals surface area contributed by atoms with Gasteiger partial charge in [-0.05, 0) is 57.8 Å². The van der Waals surface area contributed by atoms with Gasteiger partial charge in [0.15, 0.2) is 0 Å². The molecular formula is C69H133NO5. The first-order chi connectivity index (χ1) is 37.0. The molecular weight excluding hydrogens is 923 g/mol. The van der Waals surface area contributed by atoms with E-state index in [0.29, 0.717) is 19.4 Å². The van der Waals surface area contributed by atoms with Crippen LogP contribution < -0.4 is 5.32 Å². The van der Waals surface area contributed by atoms with Crippen molar-refractivity contribution < 1.29 is 24.5 Å². The molecule has 444 valence electrons. The van der Waals surface area contributed by atoms with E-state index in [2.05, 4.69) is 31.3 Å². The summed E-state index contributed by atoms with van der Waals surface area (Å²) in [6, 6.07) is -0.624. The van der Waals surface area contributed by atoms with Crippen LogP contribution in [0.3, 0.4) is 0 Å². The zero-order valence-corrected chi connectivity index (χ0v) is 50.8. The van der Waals surface area contributed by atoms with Gasteiger partial charge in [0.1, 0.15) is 0 Å². The third kappa shape index (κ3) is 61.4. The molecule has 0 bridgehead atoms. The molecule has 2 atom stereocenters. The van der Waals surface area contributed by atoms with Crippen LogP contribution in [0.1, 0.15) is 380 Å². The van der Waals surface area contributed by atoms with E-state index in [9.17, 15) is 19.8 Å². The number of hydrogen-bond acceptors (Lipinski definition) is 5. The number of nitrogens with one attached hydrogen (secondary N) is 1. The molecule has 0 rings (SSSR count). The second-order valence-electron chi connectivity index (χ2n) is 23.5. The van der Waals surface area contributed by atoms with Crippen molar-refractivity contribution in [1.29, 1.82) is 0 Å². The zero-order chi connectivity index (χ0) is 54.3. The maximum absolute atomic E-state index is 12.5. The van der Waals surface area contributed by atoms with Crippen molar-refractivity contribution in [3.8, 4) is 0 Å². The van der Waals surface area contributed by atoms with Crippen LogP contribution in [0.25, 0.3) is 0 Å². The molecule has 0 aromatic carbocycles. The maximum Gasteiger partial charge on any atom is 0.305 e. The number of carbonyl (C=O) groups excluding carboxylic acids is 2. The van der Waals surface area contributed by atoms with E-state index >= 15 is 0 Å². The molecule has 2 unspecified atom stereocenters. The largest absolute Gasteiger partial charge is 0.466 e. The van der Waals surface area contributed by atoms with Crippen LogP contribution in [0.15, 0.2) is 24.3 Å². The highest BCUT2D eigenvalue weighted by Gasteiger charge is 2.18. The fourth-order valence-electron chi connectivity index (χ4n) is 10.7. The monoisotopic (exact) mass is 1060 g/mol. The Labute approximate surface area is 469 Å². The summed E-state index contributed by atoms with van der Waals surface area (Å²) in [6.45, 7) is 4.92. The summed E-state index contributed by atoms with van der Waals surface area (Å²) in [5.74, 6) is -0.0509. The first-order valence-corrected chi connectivity index (χ1v) is 34.1. The fraction of sp³-hybridized carbons (Fsp3) is 0.913. The van der Waals surface area contributed by atoms with Gasteiger partial charge in [0.25, 0.3) is 0 Å². The molecule has 0 aliphatic heterocycles. The molecule has 0 fully saturated rings. The van der Waals surface area contributed by atoms with E-state index in [4.69, 9.17) is 4.74 Å². The number of ether oxygens (including phenoxy) is 1. The van der Waals surface area contributed by atoms with Crippen LogP contribution in [0.2, 0.25) is 0 Å². The molecule has 0 aromatic rings. The highest BCUT2D eigenvalue weighted by molar-refractivity contribution is 5.76. The predicted octanol–water partition coefficient (Wildman–Crippen LogP) is 21.8. The van der Waals surface area contributed by atoms with E-state index < -0.39 is 12.1 Å². The number of hydrogen-bond donors (Lipinski definition) is 3. The summed E-state index contributed by atoms with van der Waals surface area (Å²) in [5, 5.41) is 23.1. The maximum atomic E-state index is 12.5. The summed E-state index contributed by atoms with van der Waals surface area (Å²) >= 11 is 0. The van der Waals surface area contributed by atoms with Gasteiger partial charge in [0.05, 0.1) is 25.4 Å². The predicted molar refractivity (Wildman–Crippen MR) is 329 cm³/mol. The van der Waals surface area contributed by atoms with Gasteiger partial charge < -0.3 is 20.3 Å². The molecule has 0 saturated heterocycles. The van der Waals surface area contributed by atoms with Crippen LogP contribution in [-0.2, 0) is 14.3 Å². The van der Waals surface area contributed by atoms with E-state index in [0.717, 1.165) is 44.9 Å². The Hall–Kier alpha value is -1.66. The SMILES string of the molecule is CCCCCCCC/C=C\CCCCCCCC(=O)OCCCCCCCCCCCCCCCCCCCCCCCCCCCCCCCC(=O)NC(CO)C(O)/C=C/CCCCCCCCCCCCCC. The van der Waals surface area contributed by atoms with Crippen LogP contribution >= 0.6 is 0 Å². The molecule has 6 nitrogen and oxygen atoms in total. The van der Waals surface area contributed by atoms with Gasteiger partial charge in [-0.1, -0.05) is 334 Å². The van der Waals surface area contributed by atoms with E-state index in [1.54, 1.807) is 6.08 Å². The molecule has 0 spiro atoms. The van der Waals surface area contributed by atoms with E-state index in [-0.39, 0.29) is 18.5 Å². The Balaban J connectivity index is 3.34. The van der Waals surface area contributed by atoms with Gasteiger partial charge in [-0.3, -0.25) is 9.59 Å². The van der Waals surface area contributed by atoms with E-state index in [1.807, 2.05) is 6.08 Å². The normalized spacial score (nSPS) is 12.6. The molecule has 1 amide bonds. The summed E-state index contributed by atoms with van der Waals surface area (Å²) in [7, 11) is 0. The van der Waals surface area contributed by atoms with Gasteiger partial charge in [-0.15, -0.1) is 0 Å². The lowest BCUT2D eigenvalue weighted by Crippen LogP contribution is -2.45. The smallest absolute Gasteiger partial charge is 0.305 e. The van der Waals surface area contributed by atoms with Gasteiger partial charge >= 0.3 is 5.97 Å². The van der Waals surface area contributed by atoms with Gasteiger partial charge in [-0.2, -0.15) is 0 Å². The molecule has 75 heavy (non-hydrogen) atoms. The zero-order valence-electron chi connectivity index (χ0n) is 50.8. The first kappa shape index (κ1) is 73.3. The lowest BCUT2D eigenvalue weighted by Gasteiger charge is -2.20. The Morgan fingerprint density at radius 2 is 0.627 bits per heavy atom. The van der Waals surface area contributed by atoms with Gasteiger partial charge in [-0.25, -0.2) is 0 Å². The third-order valence-corrected chi connectivity index (χ3v) is 16.0.